The van der Waals surface area contributed by atoms with Crippen molar-refractivity contribution < 1.29 is 18.0 Å². The molecule has 2 aliphatic rings. The summed E-state index contributed by atoms with van der Waals surface area (Å²) in [5, 5.41) is 8.35. The predicted molar refractivity (Wildman–Crippen MR) is 95.6 cm³/mol. The Bertz CT molecular complexity index is 552. The highest BCUT2D eigenvalue weighted by Crippen LogP contribution is 2.17. The van der Waals surface area contributed by atoms with Crippen LogP contribution in [0.25, 0.3) is 0 Å². The zero-order valence-corrected chi connectivity index (χ0v) is 15.7. The third-order valence-electron chi connectivity index (χ3n) is 4.93. The van der Waals surface area contributed by atoms with Crippen molar-refractivity contribution in [3.05, 3.63) is 0 Å². The Kier molecular flexibility index (Phi) is 7.49. The Morgan fingerprint density at radius 2 is 1.56 bits per heavy atom. The summed E-state index contributed by atoms with van der Waals surface area (Å²) in [7, 11) is -3.16. The molecule has 0 unspecified atom stereocenters. The number of carbonyl (C=O) groups is 2. The quantitative estimate of drug-likeness (QED) is 0.631. The molecule has 2 rings (SSSR count). The molecule has 1 saturated heterocycles. The Hall–Kier alpha value is -1.35. The molecule has 25 heavy (non-hydrogen) atoms. The molecular weight excluding hydrogens is 344 g/mol. The summed E-state index contributed by atoms with van der Waals surface area (Å²) in [5.74, 6) is -0.0623. The van der Waals surface area contributed by atoms with Crippen molar-refractivity contribution in [2.45, 2.75) is 64.0 Å². The number of urea groups is 1. The fraction of sp³-hybridized carbons (Fsp3) is 0.875. The van der Waals surface area contributed by atoms with Crippen molar-refractivity contribution in [3.63, 3.8) is 0 Å². The Morgan fingerprint density at radius 3 is 2.16 bits per heavy atom. The first-order valence-electron chi connectivity index (χ1n) is 9.22. The zero-order valence-electron chi connectivity index (χ0n) is 14.9. The van der Waals surface area contributed by atoms with Gasteiger partial charge in [-0.1, -0.05) is 19.3 Å². The average molecular weight is 375 g/mol. The van der Waals surface area contributed by atoms with Crippen LogP contribution in [0.3, 0.4) is 0 Å². The van der Waals surface area contributed by atoms with E-state index in [4.69, 9.17) is 0 Å². The van der Waals surface area contributed by atoms with E-state index >= 15 is 0 Å². The first-order valence-corrected chi connectivity index (χ1v) is 10.8. The van der Waals surface area contributed by atoms with Gasteiger partial charge in [-0.3, -0.25) is 4.79 Å². The number of hydrogen-bond donors (Lipinski definition) is 3. The molecule has 0 radical (unpaired) electrons. The second-order valence-electron chi connectivity index (χ2n) is 6.80. The highest BCUT2D eigenvalue weighted by Gasteiger charge is 2.27. The molecule has 0 atom stereocenters. The molecule has 1 aliphatic heterocycles. The van der Waals surface area contributed by atoms with Crippen molar-refractivity contribution >= 4 is 22.0 Å². The average Bonchev–Trinajstić information content (AvgIpc) is 2.61. The van der Waals surface area contributed by atoms with Crippen LogP contribution < -0.4 is 16.0 Å². The molecular formula is C16H30N4O4S. The number of nitrogens with zero attached hydrogens (tertiary/aromatic N) is 1. The lowest BCUT2D eigenvalue weighted by atomic mass is 9.95. The lowest BCUT2D eigenvalue weighted by molar-refractivity contribution is -0.121. The van der Waals surface area contributed by atoms with Gasteiger partial charge in [0.1, 0.15) is 0 Å². The van der Waals surface area contributed by atoms with E-state index in [0.29, 0.717) is 25.9 Å². The van der Waals surface area contributed by atoms with E-state index in [0.717, 1.165) is 25.7 Å². The van der Waals surface area contributed by atoms with E-state index in [9.17, 15) is 18.0 Å². The molecule has 1 aliphatic carbocycles. The first kappa shape index (κ1) is 20.0. The van der Waals surface area contributed by atoms with Crippen molar-refractivity contribution in [2.75, 3.05) is 25.4 Å². The van der Waals surface area contributed by atoms with Crippen LogP contribution >= 0.6 is 0 Å². The summed E-state index contributed by atoms with van der Waals surface area (Å²) in [6.45, 7) is 2.43. The molecule has 0 spiro atoms. The van der Waals surface area contributed by atoms with E-state index < -0.39 is 10.0 Å². The molecule has 2 fully saturated rings. The third kappa shape index (κ3) is 6.47. The van der Waals surface area contributed by atoms with Gasteiger partial charge in [-0.25, -0.2) is 17.5 Å². The number of hydrogen-bond acceptors (Lipinski definition) is 4. The molecule has 144 valence electrons. The van der Waals surface area contributed by atoms with E-state index in [2.05, 4.69) is 16.0 Å². The summed E-state index contributed by atoms with van der Waals surface area (Å²) in [5.41, 5.74) is 0. The first-order chi connectivity index (χ1) is 11.9. The van der Waals surface area contributed by atoms with E-state index in [1.165, 1.54) is 10.7 Å². The number of nitrogens with one attached hydrogen (secondary N) is 3. The topological polar surface area (TPSA) is 108 Å². The molecule has 9 heteroatoms. The van der Waals surface area contributed by atoms with Gasteiger partial charge in [-0.2, -0.15) is 0 Å². The minimum atomic E-state index is -3.16. The van der Waals surface area contributed by atoms with Crippen LogP contribution in [0.15, 0.2) is 0 Å². The van der Waals surface area contributed by atoms with Gasteiger partial charge in [0.2, 0.25) is 15.9 Å². The molecule has 8 nitrogen and oxygen atoms in total. The molecule has 3 N–H and O–H groups in total. The molecule has 0 aromatic rings. The smallest absolute Gasteiger partial charge is 0.315 e. The van der Waals surface area contributed by atoms with Crippen LogP contribution in [-0.4, -0.2) is 62.1 Å². The maximum atomic E-state index is 11.9. The standard InChI is InChI=1S/C16H30N4O4S/c1-2-25(23,24)20-10-8-14(9-11-20)19-16(22)17-12-15(21)18-13-6-4-3-5-7-13/h13-14H,2-12H2,1H3,(H,18,21)(H2,17,19,22). The van der Waals surface area contributed by atoms with Gasteiger partial charge >= 0.3 is 6.03 Å². The number of carbonyl (C=O) groups excluding carboxylic acids is 2. The SMILES string of the molecule is CCS(=O)(=O)N1CCC(NC(=O)NCC(=O)NC2CCCCC2)CC1. The number of sulfonamides is 1. The van der Waals surface area contributed by atoms with Crippen LogP contribution in [0.1, 0.15) is 51.9 Å². The largest absolute Gasteiger partial charge is 0.352 e. The number of amides is 3. The van der Waals surface area contributed by atoms with Crippen LogP contribution in [0, 0.1) is 0 Å². The molecule has 1 saturated carbocycles. The summed E-state index contributed by atoms with van der Waals surface area (Å²) in [6, 6.07) is -0.212. The van der Waals surface area contributed by atoms with Crippen molar-refractivity contribution in [3.8, 4) is 0 Å². The van der Waals surface area contributed by atoms with Gasteiger partial charge in [0.15, 0.2) is 0 Å². The predicted octanol–water partition coefficient (Wildman–Crippen LogP) is 0.549. The summed E-state index contributed by atoms with van der Waals surface area (Å²) >= 11 is 0. The van der Waals surface area contributed by atoms with Gasteiger partial charge in [-0.05, 0) is 32.6 Å². The van der Waals surface area contributed by atoms with Gasteiger partial charge in [0.05, 0.1) is 12.3 Å². The Balaban J connectivity index is 1.63. The Morgan fingerprint density at radius 1 is 0.960 bits per heavy atom. The Labute approximate surface area is 150 Å². The van der Waals surface area contributed by atoms with Gasteiger partial charge in [0, 0.05) is 25.2 Å². The lowest BCUT2D eigenvalue weighted by Crippen LogP contribution is -2.51. The molecule has 0 aromatic heterocycles. The van der Waals surface area contributed by atoms with Gasteiger partial charge in [0.25, 0.3) is 0 Å². The molecule has 0 aromatic carbocycles. The van der Waals surface area contributed by atoms with Crippen molar-refractivity contribution in [1.82, 2.24) is 20.3 Å². The van der Waals surface area contributed by atoms with E-state index in [1.807, 2.05) is 0 Å². The maximum absolute atomic E-state index is 11.9. The summed E-state index contributed by atoms with van der Waals surface area (Å²) in [6.07, 6.45) is 6.71. The van der Waals surface area contributed by atoms with Crippen LogP contribution in [0.2, 0.25) is 0 Å². The van der Waals surface area contributed by atoms with Crippen LogP contribution in [-0.2, 0) is 14.8 Å². The normalized spacial score (nSPS) is 20.8. The molecule has 3 amide bonds. The second kappa shape index (κ2) is 9.38. The summed E-state index contributed by atoms with van der Waals surface area (Å²) < 4.78 is 25.1. The van der Waals surface area contributed by atoms with Gasteiger partial charge in [-0.15, -0.1) is 0 Å². The number of piperidine rings is 1. The van der Waals surface area contributed by atoms with Crippen LogP contribution in [0.5, 0.6) is 0 Å². The highest BCUT2D eigenvalue weighted by molar-refractivity contribution is 7.89. The third-order valence-corrected chi connectivity index (χ3v) is 6.81. The van der Waals surface area contributed by atoms with E-state index in [-0.39, 0.29) is 36.3 Å². The zero-order chi connectivity index (χ0) is 18.3. The van der Waals surface area contributed by atoms with Gasteiger partial charge < -0.3 is 16.0 Å². The minimum absolute atomic E-state index is 0.0363. The molecule has 0 bridgehead atoms. The maximum Gasteiger partial charge on any atom is 0.315 e. The van der Waals surface area contributed by atoms with Crippen molar-refractivity contribution in [1.29, 1.82) is 0 Å². The minimum Gasteiger partial charge on any atom is -0.352 e. The second-order valence-corrected chi connectivity index (χ2v) is 9.06. The fourth-order valence-corrected chi connectivity index (χ4v) is 4.52. The number of rotatable bonds is 6. The monoisotopic (exact) mass is 374 g/mol. The van der Waals surface area contributed by atoms with Crippen molar-refractivity contribution in [2.24, 2.45) is 0 Å². The lowest BCUT2D eigenvalue weighted by Gasteiger charge is -2.31. The van der Waals surface area contributed by atoms with Crippen LogP contribution in [0.4, 0.5) is 4.79 Å². The highest BCUT2D eigenvalue weighted by atomic mass is 32.2. The fourth-order valence-electron chi connectivity index (χ4n) is 3.38. The molecule has 1 heterocycles. The van der Waals surface area contributed by atoms with E-state index in [1.54, 1.807) is 6.92 Å². The summed E-state index contributed by atoms with van der Waals surface area (Å²) in [4.78, 5) is 23.8.